The van der Waals surface area contributed by atoms with E-state index in [0.717, 1.165) is 30.8 Å². The first-order valence-corrected chi connectivity index (χ1v) is 11.2. The van der Waals surface area contributed by atoms with Crippen molar-refractivity contribution >= 4 is 32.8 Å². The lowest BCUT2D eigenvalue weighted by molar-refractivity contribution is 0.233. The number of urea groups is 1. The molecule has 0 aromatic carbocycles. The first-order chi connectivity index (χ1) is 15.7. The summed E-state index contributed by atoms with van der Waals surface area (Å²) in [4.78, 5) is 32.6. The van der Waals surface area contributed by atoms with Gasteiger partial charge in [-0.2, -0.15) is 0 Å². The molecule has 3 aromatic rings. The van der Waals surface area contributed by atoms with E-state index >= 15 is 0 Å². The zero-order valence-electron chi connectivity index (χ0n) is 17.8. The molecule has 11 heteroatoms. The molecule has 2 amide bonds. The summed E-state index contributed by atoms with van der Waals surface area (Å²) in [7, 11) is 1.52. The number of pyridine rings is 1. The van der Waals surface area contributed by atoms with Gasteiger partial charge in [0.25, 0.3) is 0 Å². The highest BCUT2D eigenvalue weighted by atomic mass is 32.1. The van der Waals surface area contributed by atoms with E-state index < -0.39 is 0 Å². The minimum Gasteiger partial charge on any atom is -0.476 e. The van der Waals surface area contributed by atoms with Crippen molar-refractivity contribution in [2.24, 2.45) is 0 Å². The molecule has 2 N–H and O–H groups in total. The maximum absolute atomic E-state index is 11.9. The molecule has 1 aliphatic heterocycles. The standard InChI is InChI=1S/C21H25N7O3S/c1-3-6-22-19(29)27-21-25-16-11-15(14-12-23-20(30-2)24-13-14)17(26-18(16)32-21)31-10-9-28-7-4-5-8-28/h3,11-13H,1,4-10H2,2H3,(H2,22,25,27,29). The Bertz CT molecular complexity index is 1080. The zero-order chi connectivity index (χ0) is 22.3. The number of fused-ring (bicyclic) bond motifs is 1. The van der Waals surface area contributed by atoms with E-state index in [9.17, 15) is 4.79 Å². The summed E-state index contributed by atoms with van der Waals surface area (Å²) in [5, 5.41) is 5.83. The second-order valence-electron chi connectivity index (χ2n) is 7.16. The topological polar surface area (TPSA) is 114 Å². The third kappa shape index (κ3) is 5.29. The molecule has 0 saturated carbocycles. The molecule has 10 nitrogen and oxygen atoms in total. The van der Waals surface area contributed by atoms with Gasteiger partial charge < -0.3 is 14.8 Å². The van der Waals surface area contributed by atoms with Crippen LogP contribution in [0.1, 0.15) is 12.8 Å². The number of aromatic nitrogens is 4. The van der Waals surface area contributed by atoms with Gasteiger partial charge in [0.05, 0.1) is 7.11 Å². The summed E-state index contributed by atoms with van der Waals surface area (Å²) < 4.78 is 11.1. The van der Waals surface area contributed by atoms with Crippen molar-refractivity contribution in [3.63, 3.8) is 0 Å². The van der Waals surface area contributed by atoms with Gasteiger partial charge in [-0.15, -0.1) is 6.58 Å². The van der Waals surface area contributed by atoms with Gasteiger partial charge in [0.2, 0.25) is 5.88 Å². The number of hydrogen-bond donors (Lipinski definition) is 2. The van der Waals surface area contributed by atoms with Crippen molar-refractivity contribution in [3.8, 4) is 23.0 Å². The first-order valence-electron chi connectivity index (χ1n) is 10.3. The highest BCUT2D eigenvalue weighted by Crippen LogP contribution is 2.34. The second-order valence-corrected chi connectivity index (χ2v) is 8.14. The fourth-order valence-electron chi connectivity index (χ4n) is 3.36. The van der Waals surface area contributed by atoms with Gasteiger partial charge in [-0.3, -0.25) is 10.2 Å². The van der Waals surface area contributed by atoms with E-state index in [0.29, 0.717) is 34.5 Å². The number of nitrogens with one attached hydrogen (secondary N) is 2. The Labute approximate surface area is 189 Å². The average Bonchev–Trinajstić information content (AvgIpc) is 3.46. The molecule has 1 fully saturated rings. The van der Waals surface area contributed by atoms with E-state index in [-0.39, 0.29) is 12.0 Å². The van der Waals surface area contributed by atoms with Crippen molar-refractivity contribution in [1.29, 1.82) is 0 Å². The van der Waals surface area contributed by atoms with Crippen molar-refractivity contribution in [2.45, 2.75) is 12.8 Å². The van der Waals surface area contributed by atoms with Gasteiger partial charge in [-0.1, -0.05) is 17.4 Å². The quantitative estimate of drug-likeness (QED) is 0.474. The molecule has 168 valence electrons. The fraction of sp³-hybridized carbons (Fsp3) is 0.381. The van der Waals surface area contributed by atoms with Crippen LogP contribution >= 0.6 is 11.3 Å². The summed E-state index contributed by atoms with van der Waals surface area (Å²) >= 11 is 1.28. The molecule has 0 bridgehead atoms. The van der Waals surface area contributed by atoms with Crippen LogP contribution < -0.4 is 20.1 Å². The number of hydrogen-bond acceptors (Lipinski definition) is 9. The molecular formula is C21H25N7O3S. The van der Waals surface area contributed by atoms with Crippen LogP contribution in [-0.4, -0.2) is 70.8 Å². The number of amides is 2. The summed E-state index contributed by atoms with van der Waals surface area (Å²) in [5.74, 6) is 0.483. The number of rotatable bonds is 9. The average molecular weight is 456 g/mol. The predicted octanol–water partition coefficient (Wildman–Crippen LogP) is 2.94. The minimum absolute atomic E-state index is 0.282. The van der Waals surface area contributed by atoms with Crippen LogP contribution in [0.5, 0.6) is 11.9 Å². The number of carbonyl (C=O) groups excluding carboxylic acids is 1. The first kappa shape index (κ1) is 21.9. The summed E-state index contributed by atoms with van der Waals surface area (Å²) in [6, 6.07) is 1.81. The smallest absolute Gasteiger partial charge is 0.321 e. The van der Waals surface area contributed by atoms with Crippen LogP contribution in [0.15, 0.2) is 31.1 Å². The van der Waals surface area contributed by atoms with E-state index in [1.807, 2.05) is 6.07 Å². The Morgan fingerprint density at radius 1 is 1.28 bits per heavy atom. The molecule has 0 atom stereocenters. The molecule has 4 heterocycles. The molecular weight excluding hydrogens is 430 g/mol. The van der Waals surface area contributed by atoms with E-state index in [1.54, 1.807) is 18.5 Å². The molecule has 0 unspecified atom stereocenters. The van der Waals surface area contributed by atoms with Gasteiger partial charge in [-0.05, 0) is 32.0 Å². The van der Waals surface area contributed by atoms with Crippen LogP contribution in [-0.2, 0) is 0 Å². The Kier molecular flexibility index (Phi) is 7.07. The highest BCUT2D eigenvalue weighted by Gasteiger charge is 2.17. The molecule has 4 rings (SSSR count). The Morgan fingerprint density at radius 2 is 2.06 bits per heavy atom. The molecule has 0 aliphatic carbocycles. The second kappa shape index (κ2) is 10.3. The SMILES string of the molecule is C=CCNC(=O)Nc1nc2cc(-c3cnc(OC)nc3)c(OCCN3CCCC3)nc2s1. The lowest BCUT2D eigenvalue weighted by Gasteiger charge is -2.16. The van der Waals surface area contributed by atoms with Crippen LogP contribution in [0.25, 0.3) is 21.5 Å². The van der Waals surface area contributed by atoms with Gasteiger partial charge in [-0.25, -0.2) is 24.7 Å². The van der Waals surface area contributed by atoms with Gasteiger partial charge in [0.1, 0.15) is 17.0 Å². The van der Waals surface area contributed by atoms with Crippen LogP contribution in [0.3, 0.4) is 0 Å². The maximum atomic E-state index is 11.9. The van der Waals surface area contributed by atoms with Crippen molar-refractivity contribution in [3.05, 3.63) is 31.1 Å². The van der Waals surface area contributed by atoms with Crippen molar-refractivity contribution < 1.29 is 14.3 Å². The van der Waals surface area contributed by atoms with Gasteiger partial charge in [0, 0.05) is 36.6 Å². The minimum atomic E-state index is -0.352. The molecule has 32 heavy (non-hydrogen) atoms. The number of ether oxygens (including phenoxy) is 2. The molecule has 0 spiro atoms. The third-order valence-corrected chi connectivity index (χ3v) is 5.82. The monoisotopic (exact) mass is 455 g/mol. The molecule has 1 aliphatic rings. The number of methoxy groups -OCH3 is 1. The molecule has 3 aromatic heterocycles. The van der Waals surface area contributed by atoms with Gasteiger partial charge >= 0.3 is 12.0 Å². The number of anilines is 1. The molecule has 0 radical (unpaired) electrons. The van der Waals surface area contributed by atoms with Gasteiger partial charge in [0.15, 0.2) is 5.13 Å². The highest BCUT2D eigenvalue weighted by molar-refractivity contribution is 7.22. The maximum Gasteiger partial charge on any atom is 0.321 e. The van der Waals surface area contributed by atoms with Crippen LogP contribution in [0.2, 0.25) is 0 Å². The zero-order valence-corrected chi connectivity index (χ0v) is 18.7. The Morgan fingerprint density at radius 3 is 2.78 bits per heavy atom. The predicted molar refractivity (Wildman–Crippen MR) is 123 cm³/mol. The number of likely N-dealkylation sites (tertiary alicyclic amines) is 1. The van der Waals surface area contributed by atoms with E-state index in [4.69, 9.17) is 9.47 Å². The number of thiazole rings is 1. The number of nitrogens with zero attached hydrogens (tertiary/aromatic N) is 5. The lowest BCUT2D eigenvalue weighted by Crippen LogP contribution is -2.28. The normalized spacial score (nSPS) is 13.8. The Hall–Kier alpha value is -3.31. The fourth-order valence-corrected chi connectivity index (χ4v) is 4.17. The van der Waals surface area contributed by atoms with E-state index in [1.165, 1.54) is 31.3 Å². The summed E-state index contributed by atoms with van der Waals surface area (Å²) in [6.45, 7) is 7.53. The van der Waals surface area contributed by atoms with E-state index in [2.05, 4.69) is 42.0 Å². The lowest BCUT2D eigenvalue weighted by atomic mass is 10.1. The van der Waals surface area contributed by atoms with Crippen molar-refractivity contribution in [2.75, 3.05) is 45.2 Å². The molecule has 1 saturated heterocycles. The van der Waals surface area contributed by atoms with Crippen molar-refractivity contribution in [1.82, 2.24) is 30.2 Å². The summed E-state index contributed by atoms with van der Waals surface area (Å²) in [6.07, 6.45) is 7.40. The van der Waals surface area contributed by atoms with Crippen LogP contribution in [0, 0.1) is 0 Å². The van der Waals surface area contributed by atoms with Crippen LogP contribution in [0.4, 0.5) is 9.93 Å². The summed E-state index contributed by atoms with van der Waals surface area (Å²) in [5.41, 5.74) is 2.11. The Balaban J connectivity index is 1.60. The largest absolute Gasteiger partial charge is 0.476 e. The third-order valence-electron chi connectivity index (χ3n) is 4.94. The number of carbonyl (C=O) groups is 1.